The van der Waals surface area contributed by atoms with Gasteiger partial charge in [0.25, 0.3) is 5.78 Å². The van der Waals surface area contributed by atoms with Crippen LogP contribution in [0.3, 0.4) is 0 Å². The molecule has 0 aliphatic rings. The minimum absolute atomic E-state index is 0.607. The average molecular weight is 267 g/mol. The van der Waals surface area contributed by atoms with E-state index in [1.54, 1.807) is 0 Å². The summed E-state index contributed by atoms with van der Waals surface area (Å²) in [7, 11) is 0. The highest BCUT2D eigenvalue weighted by Gasteiger charge is 2.15. The van der Waals surface area contributed by atoms with Gasteiger partial charge in [0, 0.05) is 22.6 Å². The van der Waals surface area contributed by atoms with Gasteiger partial charge < -0.3 is 5.73 Å². The van der Waals surface area contributed by atoms with Crippen molar-refractivity contribution in [2.24, 2.45) is 0 Å². The van der Waals surface area contributed by atoms with Crippen molar-refractivity contribution in [1.82, 2.24) is 19.6 Å². The van der Waals surface area contributed by atoms with Crippen LogP contribution < -0.4 is 5.73 Å². The number of rotatable bonds is 1. The molecule has 0 radical (unpaired) electrons. The molecule has 0 atom stereocenters. The van der Waals surface area contributed by atoms with Gasteiger partial charge in [0.1, 0.15) is 0 Å². The van der Waals surface area contributed by atoms with Gasteiger partial charge in [-0.25, -0.2) is 4.98 Å². The van der Waals surface area contributed by atoms with Crippen LogP contribution >= 0.6 is 0 Å². The Balaban J connectivity index is 2.36. The van der Waals surface area contributed by atoms with Gasteiger partial charge in [-0.2, -0.15) is 0 Å². The molecule has 5 nitrogen and oxygen atoms in total. The molecule has 2 aromatic heterocycles. The Kier molecular flexibility index (Phi) is 2.71. The molecule has 0 aliphatic carbocycles. The number of aromatic nitrogens is 4. The number of hydrogen-bond acceptors (Lipinski definition) is 4. The third-order valence-corrected chi connectivity index (χ3v) is 3.46. The van der Waals surface area contributed by atoms with E-state index in [2.05, 4.69) is 28.2 Å². The first kappa shape index (κ1) is 12.6. The van der Waals surface area contributed by atoms with E-state index in [9.17, 15) is 0 Å². The van der Waals surface area contributed by atoms with Gasteiger partial charge in [-0.1, -0.05) is 6.07 Å². The van der Waals surface area contributed by atoms with Gasteiger partial charge in [0.15, 0.2) is 5.82 Å². The molecule has 0 bridgehead atoms. The van der Waals surface area contributed by atoms with Crippen molar-refractivity contribution >= 4 is 11.5 Å². The Morgan fingerprint density at radius 1 is 1.00 bits per heavy atom. The van der Waals surface area contributed by atoms with Crippen LogP contribution in [0.25, 0.3) is 17.2 Å². The van der Waals surface area contributed by atoms with Crippen LogP contribution in [0.2, 0.25) is 0 Å². The molecule has 0 saturated carbocycles. The van der Waals surface area contributed by atoms with E-state index in [0.717, 1.165) is 39.6 Å². The fourth-order valence-electron chi connectivity index (χ4n) is 2.57. The Labute approximate surface area is 117 Å². The van der Waals surface area contributed by atoms with Crippen LogP contribution in [-0.2, 0) is 0 Å². The zero-order chi connectivity index (χ0) is 14.4. The third kappa shape index (κ3) is 1.82. The number of benzene rings is 1. The fourth-order valence-corrected chi connectivity index (χ4v) is 2.57. The first-order valence-corrected chi connectivity index (χ1v) is 6.54. The summed E-state index contributed by atoms with van der Waals surface area (Å²) in [5.41, 5.74) is 12.0. The SMILES string of the molecule is Cc1cc(C)c(N)c(-c2nnc3nc(C)cc(C)n23)c1. The largest absolute Gasteiger partial charge is 0.398 e. The second-order valence-electron chi connectivity index (χ2n) is 5.24. The monoisotopic (exact) mass is 267 g/mol. The molecule has 0 saturated heterocycles. The maximum absolute atomic E-state index is 6.21. The van der Waals surface area contributed by atoms with E-state index in [1.807, 2.05) is 37.3 Å². The standard InChI is InChI=1S/C15H17N5/c1-8-5-9(2)13(16)12(6-8)14-18-19-15-17-10(3)7-11(4)20(14)15/h5-7H,16H2,1-4H3. The van der Waals surface area contributed by atoms with E-state index in [0.29, 0.717) is 5.78 Å². The molecular weight excluding hydrogens is 250 g/mol. The van der Waals surface area contributed by atoms with E-state index >= 15 is 0 Å². The number of nitrogens with zero attached hydrogens (tertiary/aromatic N) is 4. The second-order valence-corrected chi connectivity index (χ2v) is 5.24. The summed E-state index contributed by atoms with van der Waals surface area (Å²) in [6, 6.07) is 6.12. The Morgan fingerprint density at radius 2 is 1.75 bits per heavy atom. The topological polar surface area (TPSA) is 69.1 Å². The molecule has 2 heterocycles. The second kappa shape index (κ2) is 4.30. The number of aryl methyl sites for hydroxylation is 4. The number of anilines is 1. The lowest BCUT2D eigenvalue weighted by atomic mass is 10.0. The minimum atomic E-state index is 0.607. The summed E-state index contributed by atoms with van der Waals surface area (Å²) in [6.07, 6.45) is 0. The predicted octanol–water partition coefficient (Wildman–Crippen LogP) is 2.61. The molecule has 0 spiro atoms. The van der Waals surface area contributed by atoms with Gasteiger partial charge in [0.2, 0.25) is 0 Å². The summed E-state index contributed by atoms with van der Waals surface area (Å²) in [5, 5.41) is 8.44. The van der Waals surface area contributed by atoms with Crippen molar-refractivity contribution in [2.75, 3.05) is 5.73 Å². The normalized spacial score (nSPS) is 11.2. The number of hydrogen-bond donors (Lipinski definition) is 1. The maximum Gasteiger partial charge on any atom is 0.255 e. The van der Waals surface area contributed by atoms with Crippen molar-refractivity contribution in [3.63, 3.8) is 0 Å². The van der Waals surface area contributed by atoms with Crippen LogP contribution in [0.1, 0.15) is 22.5 Å². The highest BCUT2D eigenvalue weighted by molar-refractivity contribution is 5.76. The van der Waals surface area contributed by atoms with Crippen molar-refractivity contribution in [3.8, 4) is 11.4 Å². The fraction of sp³-hybridized carbons (Fsp3) is 0.267. The number of nitrogens with two attached hydrogens (primary N) is 1. The van der Waals surface area contributed by atoms with Gasteiger partial charge in [-0.3, -0.25) is 4.40 Å². The molecule has 0 fully saturated rings. The van der Waals surface area contributed by atoms with Crippen molar-refractivity contribution in [2.45, 2.75) is 27.7 Å². The summed E-state index contributed by atoms with van der Waals surface area (Å²) < 4.78 is 1.94. The first-order valence-electron chi connectivity index (χ1n) is 6.54. The lowest BCUT2D eigenvalue weighted by Crippen LogP contribution is -2.01. The van der Waals surface area contributed by atoms with Gasteiger partial charge in [-0.05, 0) is 51.0 Å². The molecule has 3 aromatic rings. The third-order valence-electron chi connectivity index (χ3n) is 3.46. The van der Waals surface area contributed by atoms with Crippen LogP contribution in [0.15, 0.2) is 18.2 Å². The summed E-state index contributed by atoms with van der Waals surface area (Å²) in [4.78, 5) is 4.41. The Hall–Kier alpha value is -2.43. The van der Waals surface area contributed by atoms with E-state index in [-0.39, 0.29) is 0 Å². The van der Waals surface area contributed by atoms with Gasteiger partial charge in [-0.15, -0.1) is 10.2 Å². The van der Waals surface area contributed by atoms with E-state index < -0.39 is 0 Å². The highest BCUT2D eigenvalue weighted by atomic mass is 15.3. The molecule has 2 N–H and O–H groups in total. The molecule has 1 aromatic carbocycles. The zero-order valence-electron chi connectivity index (χ0n) is 12.1. The molecule has 0 amide bonds. The van der Waals surface area contributed by atoms with Crippen molar-refractivity contribution in [1.29, 1.82) is 0 Å². The highest BCUT2D eigenvalue weighted by Crippen LogP contribution is 2.29. The molecule has 20 heavy (non-hydrogen) atoms. The maximum atomic E-state index is 6.21. The van der Waals surface area contributed by atoms with E-state index in [4.69, 9.17) is 5.73 Å². The number of nitrogen functional groups attached to an aromatic ring is 1. The molecule has 0 aliphatic heterocycles. The van der Waals surface area contributed by atoms with Crippen molar-refractivity contribution < 1.29 is 0 Å². The molecule has 5 heteroatoms. The van der Waals surface area contributed by atoms with Crippen LogP contribution in [0, 0.1) is 27.7 Å². The van der Waals surface area contributed by atoms with Gasteiger partial charge >= 0.3 is 0 Å². The Bertz CT molecular complexity index is 817. The summed E-state index contributed by atoms with van der Waals surface area (Å²) in [5.74, 6) is 1.35. The molecule has 0 unspecified atom stereocenters. The average Bonchev–Trinajstić information content (AvgIpc) is 2.77. The molecule has 102 valence electrons. The van der Waals surface area contributed by atoms with Gasteiger partial charge in [0.05, 0.1) is 0 Å². The molecular formula is C15H17N5. The lowest BCUT2D eigenvalue weighted by molar-refractivity contribution is 1.02. The lowest BCUT2D eigenvalue weighted by Gasteiger charge is -2.10. The predicted molar refractivity (Wildman–Crippen MR) is 79.6 cm³/mol. The smallest absolute Gasteiger partial charge is 0.255 e. The van der Waals surface area contributed by atoms with Crippen LogP contribution in [-0.4, -0.2) is 19.6 Å². The van der Waals surface area contributed by atoms with Crippen LogP contribution in [0.5, 0.6) is 0 Å². The summed E-state index contributed by atoms with van der Waals surface area (Å²) >= 11 is 0. The zero-order valence-corrected chi connectivity index (χ0v) is 12.1. The minimum Gasteiger partial charge on any atom is -0.398 e. The van der Waals surface area contributed by atoms with Crippen molar-refractivity contribution in [3.05, 3.63) is 40.7 Å². The first-order chi connectivity index (χ1) is 9.47. The molecule has 3 rings (SSSR count). The van der Waals surface area contributed by atoms with Crippen LogP contribution in [0.4, 0.5) is 5.69 Å². The quantitative estimate of drug-likeness (QED) is 0.688. The number of fused-ring (bicyclic) bond motifs is 1. The van der Waals surface area contributed by atoms with E-state index in [1.165, 1.54) is 0 Å². The Morgan fingerprint density at radius 3 is 2.50 bits per heavy atom. The summed E-state index contributed by atoms with van der Waals surface area (Å²) in [6.45, 7) is 8.03.